The molecule has 3 aromatic carbocycles. The number of aromatic nitrogens is 7. The minimum atomic E-state index is -4.40. The second-order valence-corrected chi connectivity index (χ2v) is 28.1. The van der Waals surface area contributed by atoms with E-state index in [1.54, 1.807) is 30.9 Å². The first-order chi connectivity index (χ1) is 43.6. The lowest BCUT2D eigenvalue weighted by Crippen LogP contribution is -2.36. The molecule has 3 aromatic heterocycles. The molecular formula is C58H72F2N12O14P3S+. The van der Waals surface area contributed by atoms with Crippen LogP contribution in [0.25, 0.3) is 33.7 Å². The van der Waals surface area contributed by atoms with E-state index >= 15 is 4.39 Å². The van der Waals surface area contributed by atoms with Crippen LogP contribution >= 0.6 is 34.8 Å². The summed E-state index contributed by atoms with van der Waals surface area (Å²) in [6.45, 7) is -2.61. The fourth-order valence-electron chi connectivity index (χ4n) is 10.8. The quantitative estimate of drug-likeness (QED) is 0.0249. The molecule has 4 aliphatic heterocycles. The smallest absolute Gasteiger partial charge is 0.382 e. The van der Waals surface area contributed by atoms with Gasteiger partial charge in [0.2, 0.25) is 23.6 Å². The highest BCUT2D eigenvalue weighted by molar-refractivity contribution is 8.54. The maximum absolute atomic E-state index is 16.7. The molecule has 7 heterocycles. The number of imidazole rings is 1. The first kappa shape index (κ1) is 66.6. The summed E-state index contributed by atoms with van der Waals surface area (Å²) in [6, 6.07) is 22.1. The Morgan fingerprint density at radius 2 is 1.59 bits per heavy atom. The second kappa shape index (κ2) is 31.8. The van der Waals surface area contributed by atoms with Gasteiger partial charge in [-0.2, -0.15) is 0 Å². The number of rotatable bonds is 26. The molecule has 6 N–H and O–H groups in total. The number of hydrogen-bond donors (Lipinski definition) is 5. The van der Waals surface area contributed by atoms with Crippen LogP contribution in [-0.2, 0) is 79.2 Å². The Morgan fingerprint density at radius 3 is 2.41 bits per heavy atom. The summed E-state index contributed by atoms with van der Waals surface area (Å²) in [4.78, 5) is 76.1. The van der Waals surface area contributed by atoms with Crippen LogP contribution in [-0.4, -0.2) is 146 Å². The van der Waals surface area contributed by atoms with Crippen molar-refractivity contribution in [3.05, 3.63) is 96.6 Å². The van der Waals surface area contributed by atoms with E-state index in [0.29, 0.717) is 81.7 Å². The molecule has 32 heteroatoms. The number of aryl methyl sites for hydroxylation is 1. The van der Waals surface area contributed by atoms with Gasteiger partial charge in [0, 0.05) is 66.1 Å². The predicted molar refractivity (Wildman–Crippen MR) is 331 cm³/mol. The van der Waals surface area contributed by atoms with Crippen molar-refractivity contribution < 1.29 is 74.1 Å². The van der Waals surface area contributed by atoms with Crippen LogP contribution in [0.1, 0.15) is 94.4 Å². The molecule has 0 bridgehead atoms. The van der Waals surface area contributed by atoms with Crippen LogP contribution in [0, 0.1) is 0 Å². The molecule has 6 aromatic rings. The number of anilines is 3. The van der Waals surface area contributed by atoms with E-state index in [4.69, 9.17) is 37.8 Å². The molecule has 4 amide bonds. The maximum Gasteiger partial charge on any atom is 0.697 e. The first-order valence-corrected chi connectivity index (χ1v) is 35.7. The van der Waals surface area contributed by atoms with Crippen molar-refractivity contribution in [3.63, 3.8) is 0 Å². The summed E-state index contributed by atoms with van der Waals surface area (Å²) in [5.41, 5.74) is 12.1. The summed E-state index contributed by atoms with van der Waals surface area (Å²) in [5.74, 6) is -0.831. The third-order valence-corrected chi connectivity index (χ3v) is 20.5. The molecule has 0 radical (unpaired) electrons. The number of halogens is 2. The summed E-state index contributed by atoms with van der Waals surface area (Å²) in [5, 5.41) is 17.7. The minimum absolute atomic E-state index is 0.00794. The van der Waals surface area contributed by atoms with Crippen molar-refractivity contribution in [2.45, 2.75) is 139 Å². The van der Waals surface area contributed by atoms with Crippen molar-refractivity contribution in [2.75, 3.05) is 62.1 Å². The van der Waals surface area contributed by atoms with Crippen LogP contribution in [0.15, 0.2) is 85.5 Å². The van der Waals surface area contributed by atoms with Crippen molar-refractivity contribution in [1.82, 2.24) is 45.1 Å². The monoisotopic (exact) mass is 1320 g/mol. The summed E-state index contributed by atoms with van der Waals surface area (Å²) < 4.78 is 102. The van der Waals surface area contributed by atoms with Crippen LogP contribution in [0.4, 0.5) is 26.0 Å². The van der Waals surface area contributed by atoms with Crippen LogP contribution < -0.4 is 26.6 Å². The van der Waals surface area contributed by atoms with Gasteiger partial charge < -0.3 is 45.5 Å². The Labute approximate surface area is 523 Å². The Balaban J connectivity index is 0.678. The largest absolute Gasteiger partial charge is 0.697 e. The van der Waals surface area contributed by atoms with Crippen molar-refractivity contribution in [2.24, 2.45) is 0 Å². The van der Waals surface area contributed by atoms with Gasteiger partial charge in [0.05, 0.1) is 50.6 Å². The number of fused-ring (bicyclic) bond motifs is 8. The van der Waals surface area contributed by atoms with Gasteiger partial charge in [-0.3, -0.25) is 32.8 Å². The molecule has 26 nitrogen and oxygen atoms in total. The van der Waals surface area contributed by atoms with Gasteiger partial charge in [0.1, 0.15) is 42.5 Å². The van der Waals surface area contributed by atoms with E-state index < -0.39 is 92.1 Å². The third kappa shape index (κ3) is 17.2. The van der Waals surface area contributed by atoms with E-state index in [1.165, 1.54) is 17.2 Å². The van der Waals surface area contributed by atoms with Gasteiger partial charge in [-0.15, -0.1) is 14.1 Å². The number of nitrogens with one attached hydrogen (secondary N) is 3. The van der Waals surface area contributed by atoms with Crippen LogP contribution in [0.3, 0.4) is 0 Å². The number of nitrogen functional groups attached to an aromatic ring is 1. The second-order valence-electron chi connectivity index (χ2n) is 21.9. The highest BCUT2D eigenvalue weighted by Gasteiger charge is 2.54. The Morgan fingerprint density at radius 1 is 0.844 bits per heavy atom. The SMILES string of the molecule is CP(O)OCCCCCCNC(=O)CCCCC(=O)N1Cc2ccccc2-c2nnn(CCCCCC(=O)NCC(=O)Nc3ccc(CSP4(=O)OC[C@H]5OC[C@H](F)[C@@H]5O[P+](=O)OC[C@H]5O[C@@H](n6cnc7c(N)ncnc76)[C@H](F)[C@@H]5O4)cc3)c2-c2ccccc21. The summed E-state index contributed by atoms with van der Waals surface area (Å²) >= 11 is 0.720. The molecule has 10 atom stereocenters. The fourth-order valence-corrected chi connectivity index (χ4v) is 15.4. The number of unbranched alkanes of at least 4 members (excludes halogenated alkanes) is 6. The van der Waals surface area contributed by atoms with E-state index in [2.05, 4.69) is 41.2 Å². The van der Waals surface area contributed by atoms with Crippen LogP contribution in [0.2, 0.25) is 0 Å². The lowest BCUT2D eigenvalue weighted by atomic mass is 9.95. The highest BCUT2D eigenvalue weighted by atomic mass is 32.7. The lowest BCUT2D eigenvalue weighted by molar-refractivity contribution is -0.124. The number of carbonyl (C=O) groups excluding carboxylic acids is 4. The van der Waals surface area contributed by atoms with Crippen molar-refractivity contribution in [1.29, 1.82) is 0 Å². The maximum atomic E-state index is 16.7. The average molecular weight is 1320 g/mol. The summed E-state index contributed by atoms with van der Waals surface area (Å²) in [6.07, 6.45) is -0.897. The third-order valence-electron chi connectivity index (χ3n) is 15.5. The van der Waals surface area contributed by atoms with E-state index in [-0.39, 0.29) is 59.8 Å². The molecule has 0 spiro atoms. The topological polar surface area (TPSA) is 327 Å². The molecule has 0 aliphatic carbocycles. The highest BCUT2D eigenvalue weighted by Crippen LogP contribution is 2.64. The van der Waals surface area contributed by atoms with Gasteiger partial charge in [-0.1, -0.05) is 79.1 Å². The van der Waals surface area contributed by atoms with Crippen LogP contribution in [0.5, 0.6) is 0 Å². The zero-order valence-electron chi connectivity index (χ0n) is 49.4. The molecule has 0 saturated carbocycles. The molecule has 3 fully saturated rings. The van der Waals surface area contributed by atoms with Gasteiger partial charge in [-0.05, 0) is 79.2 Å². The number of nitrogens with two attached hydrogens (primary N) is 1. The Bertz CT molecular complexity index is 3520. The average Bonchev–Trinajstić information content (AvgIpc) is 1.51. The van der Waals surface area contributed by atoms with Crippen molar-refractivity contribution >= 4 is 86.8 Å². The zero-order valence-corrected chi connectivity index (χ0v) is 52.9. The summed E-state index contributed by atoms with van der Waals surface area (Å²) in [7, 11) is -4.29. The van der Waals surface area contributed by atoms with E-state index in [0.717, 1.165) is 65.1 Å². The minimum Gasteiger partial charge on any atom is -0.382 e. The Kier molecular flexibility index (Phi) is 23.5. The van der Waals surface area contributed by atoms with Gasteiger partial charge >= 0.3 is 15.1 Å². The Hall–Kier alpha value is -6.32. The molecule has 10 rings (SSSR count). The van der Waals surface area contributed by atoms with Gasteiger partial charge in [0.25, 0.3) is 0 Å². The number of carbonyl (C=O) groups is 4. The van der Waals surface area contributed by atoms with E-state index in [9.17, 15) is 37.6 Å². The number of nitrogens with zero attached hydrogens (tertiary/aromatic N) is 8. The fraction of sp³-hybridized carbons (Fsp3) is 0.500. The molecular weight excluding hydrogens is 1250 g/mol. The number of alkyl halides is 2. The lowest BCUT2D eigenvalue weighted by Gasteiger charge is -2.29. The van der Waals surface area contributed by atoms with Gasteiger partial charge in [0.15, 0.2) is 44.5 Å². The first-order valence-electron chi connectivity index (χ1n) is 29.8. The number of hydrogen-bond acceptors (Lipinski definition) is 21. The standard InChI is InChI=1S/C58H71F2N12O14P3S/c1-87(77)81-28-14-3-2-12-26-62-46(73)20-10-11-21-49(76)70-30-38-15-6-7-16-40(38)51-53(41-17-8-9-18-43(41)70)72(69-68-51)27-13-4-5-19-47(74)63-29-48(75)67-39-24-22-37(23-25-39)34-90-89(79)83-33-44-54(42(59)31-80-44)85-88(78)82-32-45-55(86-89)50(60)58(84-45)71-36-66-52-56(61)64-35-65-57(52)71/h6-9,15-18,22-25,35-36,42,44-45,50,54-55,58,77H,2-5,10-14,19-21,26-34H2,1H3,(H4-,61,62,63,64,65,67,73,74,75)/p+1/t42-,44+,45+,50+,54-,55+,58+,87?,89?/m0/s1. The number of para-hydroxylation sites is 1. The molecule has 3 saturated heterocycles. The van der Waals surface area contributed by atoms with E-state index in [1.807, 2.05) is 58.1 Å². The van der Waals surface area contributed by atoms with Gasteiger partial charge in [-0.25, -0.2) is 33.0 Å². The predicted octanol–water partition coefficient (Wildman–Crippen LogP) is 9.17. The van der Waals surface area contributed by atoms with Crippen molar-refractivity contribution in [3.8, 4) is 22.5 Å². The molecule has 482 valence electrons. The molecule has 3 unspecified atom stereocenters. The number of ether oxygens (including phenoxy) is 2. The normalized spacial score (nSPS) is 23.2. The zero-order chi connectivity index (χ0) is 63.2. The number of amides is 4. The molecule has 4 aliphatic rings. The molecule has 90 heavy (non-hydrogen) atoms. The number of benzene rings is 3.